The quantitative estimate of drug-likeness (QED) is 0.455. The number of fused-ring (bicyclic) bond motifs is 1. The van der Waals surface area contributed by atoms with Crippen molar-refractivity contribution in [3.63, 3.8) is 0 Å². The van der Waals surface area contributed by atoms with Crippen molar-refractivity contribution in [1.29, 1.82) is 0 Å². The predicted molar refractivity (Wildman–Crippen MR) is 69.4 cm³/mol. The number of hydrogen-bond donors (Lipinski definition) is 2. The van der Waals surface area contributed by atoms with E-state index >= 15 is 0 Å². The minimum atomic E-state index is -0.638. The topological polar surface area (TPSA) is 115 Å². The lowest BCUT2D eigenvalue weighted by Gasteiger charge is -1.99. The number of nitrogens with two attached hydrogens (primary N) is 1. The fourth-order valence-electron chi connectivity index (χ4n) is 1.28. The summed E-state index contributed by atoms with van der Waals surface area (Å²) in [6.07, 6.45) is 2.47. The van der Waals surface area contributed by atoms with Crippen molar-refractivity contribution in [2.45, 2.75) is 20.3 Å². The van der Waals surface area contributed by atoms with E-state index in [9.17, 15) is 14.9 Å². The molecule has 0 saturated carbocycles. The molecule has 0 bridgehead atoms. The second-order valence-electron chi connectivity index (χ2n) is 3.62. The van der Waals surface area contributed by atoms with Gasteiger partial charge in [-0.1, -0.05) is 20.3 Å². The van der Waals surface area contributed by atoms with E-state index in [0.29, 0.717) is 5.52 Å². The van der Waals surface area contributed by atoms with E-state index in [1.807, 2.05) is 0 Å². The number of anilines is 1. The summed E-state index contributed by atoms with van der Waals surface area (Å²) in [4.78, 5) is 27.4. The average Bonchev–Trinajstić information content (AvgIpc) is 2.29. The number of nitro groups is 1. The molecule has 2 aromatic rings. The van der Waals surface area contributed by atoms with Crippen molar-refractivity contribution < 1.29 is 4.92 Å². The van der Waals surface area contributed by atoms with Crippen molar-refractivity contribution in [1.82, 2.24) is 9.97 Å². The number of H-pyrrole nitrogens is 1. The first-order chi connectivity index (χ1) is 8.51. The van der Waals surface area contributed by atoms with Gasteiger partial charge in [0.2, 0.25) is 0 Å². The van der Waals surface area contributed by atoms with Crippen molar-refractivity contribution in [2.24, 2.45) is 0 Å². The van der Waals surface area contributed by atoms with E-state index in [1.165, 1.54) is 18.8 Å². The molecule has 0 spiro atoms. The number of hydrogen-bond acceptors (Lipinski definition) is 5. The van der Waals surface area contributed by atoms with Crippen LogP contribution >= 0.6 is 0 Å². The van der Waals surface area contributed by atoms with E-state index in [2.05, 4.69) is 23.8 Å². The van der Waals surface area contributed by atoms with E-state index < -0.39 is 10.5 Å². The highest BCUT2D eigenvalue weighted by molar-refractivity contribution is 5.85. The molecule has 0 amide bonds. The van der Waals surface area contributed by atoms with Gasteiger partial charge in [0.25, 0.3) is 11.2 Å². The van der Waals surface area contributed by atoms with Crippen LogP contribution in [0.15, 0.2) is 23.3 Å². The zero-order chi connectivity index (χ0) is 13.7. The highest BCUT2D eigenvalue weighted by Gasteiger charge is 2.14. The number of rotatable bonds is 1. The summed E-state index contributed by atoms with van der Waals surface area (Å²) in [6, 6.07) is 2.43. The van der Waals surface area contributed by atoms with Crippen LogP contribution in [0.4, 0.5) is 11.4 Å². The summed E-state index contributed by atoms with van der Waals surface area (Å²) in [5.74, 6) is 0. The maximum atomic E-state index is 11.3. The number of aromatic nitrogens is 2. The van der Waals surface area contributed by atoms with Crippen LogP contribution in [-0.4, -0.2) is 14.9 Å². The molecule has 0 radical (unpaired) electrons. The van der Waals surface area contributed by atoms with Crippen LogP contribution in [0.25, 0.3) is 10.9 Å². The Hall–Kier alpha value is -2.44. The third-order valence-corrected chi connectivity index (χ3v) is 1.99. The van der Waals surface area contributed by atoms with Gasteiger partial charge in [0.05, 0.1) is 22.2 Å². The molecule has 0 aliphatic rings. The summed E-state index contributed by atoms with van der Waals surface area (Å²) in [7, 11) is 0. The SMILES string of the molecule is CCC.Nc1cc2nc[nH]c(=O)c2cc1[N+](=O)[O-]. The van der Waals surface area contributed by atoms with Gasteiger partial charge in [0, 0.05) is 6.07 Å². The van der Waals surface area contributed by atoms with Crippen LogP contribution in [-0.2, 0) is 0 Å². The maximum Gasteiger partial charge on any atom is 0.293 e. The van der Waals surface area contributed by atoms with Crippen LogP contribution in [0.5, 0.6) is 0 Å². The van der Waals surface area contributed by atoms with Crippen molar-refractivity contribution in [3.05, 3.63) is 38.9 Å². The first-order valence-electron chi connectivity index (χ1n) is 5.42. The Bertz CT molecular complexity index is 621. The Kier molecular flexibility index (Phi) is 4.36. The number of nitrogens with one attached hydrogen (secondary N) is 1. The van der Waals surface area contributed by atoms with Crippen LogP contribution in [0, 0.1) is 10.1 Å². The molecule has 1 aromatic heterocycles. The molecule has 0 aliphatic heterocycles. The van der Waals surface area contributed by atoms with Gasteiger partial charge >= 0.3 is 0 Å². The number of nitro benzene ring substituents is 1. The van der Waals surface area contributed by atoms with Gasteiger partial charge in [-0.2, -0.15) is 0 Å². The molecule has 0 fully saturated rings. The molecule has 0 saturated heterocycles. The maximum absolute atomic E-state index is 11.3. The number of aromatic amines is 1. The summed E-state index contributed by atoms with van der Waals surface area (Å²) in [5.41, 5.74) is 5.05. The molecule has 1 aromatic carbocycles. The van der Waals surface area contributed by atoms with E-state index in [4.69, 9.17) is 5.73 Å². The molecule has 0 unspecified atom stereocenters. The minimum absolute atomic E-state index is 0.00870. The second-order valence-corrected chi connectivity index (χ2v) is 3.62. The van der Waals surface area contributed by atoms with Crippen molar-refractivity contribution >= 4 is 22.3 Å². The number of nitrogens with zero attached hydrogens (tertiary/aromatic N) is 2. The number of nitrogen functional groups attached to an aromatic ring is 1. The fourth-order valence-corrected chi connectivity index (χ4v) is 1.28. The van der Waals surface area contributed by atoms with Crippen LogP contribution < -0.4 is 11.3 Å². The Morgan fingerprint density at radius 3 is 2.61 bits per heavy atom. The van der Waals surface area contributed by atoms with Gasteiger partial charge in [0.1, 0.15) is 5.69 Å². The zero-order valence-electron chi connectivity index (χ0n) is 10.1. The third kappa shape index (κ3) is 2.82. The molecule has 96 valence electrons. The van der Waals surface area contributed by atoms with Gasteiger partial charge in [-0.3, -0.25) is 14.9 Å². The minimum Gasteiger partial charge on any atom is -0.393 e. The molecule has 3 N–H and O–H groups in total. The van der Waals surface area contributed by atoms with Gasteiger partial charge in [-0.15, -0.1) is 0 Å². The summed E-state index contributed by atoms with van der Waals surface area (Å²) < 4.78 is 0. The summed E-state index contributed by atoms with van der Waals surface area (Å²) in [6.45, 7) is 4.25. The highest BCUT2D eigenvalue weighted by Crippen LogP contribution is 2.24. The lowest BCUT2D eigenvalue weighted by Crippen LogP contribution is -2.07. The largest absolute Gasteiger partial charge is 0.393 e. The van der Waals surface area contributed by atoms with E-state index in [0.717, 1.165) is 6.07 Å². The van der Waals surface area contributed by atoms with Crippen LogP contribution in [0.2, 0.25) is 0 Å². The lowest BCUT2D eigenvalue weighted by molar-refractivity contribution is -0.383. The average molecular weight is 250 g/mol. The smallest absolute Gasteiger partial charge is 0.293 e. The van der Waals surface area contributed by atoms with Gasteiger partial charge < -0.3 is 10.7 Å². The second kappa shape index (κ2) is 5.76. The Morgan fingerprint density at radius 2 is 2.06 bits per heavy atom. The Balaban J connectivity index is 0.000000492. The Morgan fingerprint density at radius 1 is 1.44 bits per heavy atom. The van der Waals surface area contributed by atoms with E-state index in [-0.39, 0.29) is 16.8 Å². The summed E-state index contributed by atoms with van der Waals surface area (Å²) in [5, 5.41) is 10.7. The van der Waals surface area contributed by atoms with Crippen LogP contribution in [0.3, 0.4) is 0 Å². The molecule has 7 nitrogen and oxygen atoms in total. The molecular weight excluding hydrogens is 236 g/mol. The molecule has 2 rings (SSSR count). The number of benzene rings is 1. The monoisotopic (exact) mass is 250 g/mol. The molecule has 18 heavy (non-hydrogen) atoms. The lowest BCUT2D eigenvalue weighted by atomic mass is 10.2. The zero-order valence-corrected chi connectivity index (χ0v) is 10.1. The first kappa shape index (κ1) is 13.6. The molecule has 1 heterocycles. The Labute approximate surface area is 103 Å². The molecule has 0 aliphatic carbocycles. The first-order valence-corrected chi connectivity index (χ1v) is 5.42. The van der Waals surface area contributed by atoms with E-state index in [1.54, 1.807) is 0 Å². The van der Waals surface area contributed by atoms with Crippen molar-refractivity contribution in [3.8, 4) is 0 Å². The van der Waals surface area contributed by atoms with Gasteiger partial charge in [0.15, 0.2) is 0 Å². The predicted octanol–water partition coefficient (Wildman–Crippen LogP) is 1.83. The third-order valence-electron chi connectivity index (χ3n) is 1.99. The molecular formula is C11H14N4O3. The normalized spacial score (nSPS) is 9.67. The summed E-state index contributed by atoms with van der Waals surface area (Å²) >= 11 is 0. The highest BCUT2D eigenvalue weighted by atomic mass is 16.6. The van der Waals surface area contributed by atoms with Gasteiger partial charge in [-0.25, -0.2) is 4.98 Å². The molecule has 0 atom stereocenters. The van der Waals surface area contributed by atoms with Gasteiger partial charge in [-0.05, 0) is 6.07 Å². The standard InChI is InChI=1S/C8H6N4O3.C3H8/c9-5-2-6-4(1-7(5)12(14)15)8(13)11-3-10-6;1-3-2/h1-3H,9H2,(H,10,11,13);3H2,1-2H3. The van der Waals surface area contributed by atoms with Crippen LogP contribution in [0.1, 0.15) is 20.3 Å². The molecule has 7 heteroatoms. The fraction of sp³-hybridized carbons (Fsp3) is 0.273. The van der Waals surface area contributed by atoms with Crippen molar-refractivity contribution in [2.75, 3.05) is 5.73 Å².